The van der Waals surface area contributed by atoms with E-state index in [0.717, 1.165) is 18.7 Å². The largest absolute Gasteiger partial charge is 0.495 e. The number of hydrogen-bond acceptors (Lipinski definition) is 5. The Morgan fingerprint density at radius 1 is 1.38 bits per heavy atom. The number of aromatic nitrogens is 2. The van der Waals surface area contributed by atoms with Gasteiger partial charge in [0, 0.05) is 12.0 Å². The Balaban J connectivity index is 1.99. The van der Waals surface area contributed by atoms with Crippen molar-refractivity contribution in [3.05, 3.63) is 40.8 Å². The van der Waals surface area contributed by atoms with Gasteiger partial charge in [-0.05, 0) is 25.0 Å². The Morgan fingerprint density at radius 3 is 2.86 bits per heavy atom. The number of ether oxygens (including phenoxy) is 1. The van der Waals surface area contributed by atoms with E-state index in [-0.39, 0.29) is 0 Å². The first-order chi connectivity index (χ1) is 10.2. The van der Waals surface area contributed by atoms with Crippen LogP contribution in [0.2, 0.25) is 5.15 Å². The van der Waals surface area contributed by atoms with E-state index in [0.29, 0.717) is 33.9 Å². The minimum atomic E-state index is 0.391. The fourth-order valence-corrected chi connectivity index (χ4v) is 2.26. The molecule has 1 saturated carbocycles. The highest BCUT2D eigenvalue weighted by Gasteiger charge is 2.27. The standard InChI is InChI=1S/C15H13ClN4O/c1-21-11-4-2-3-10(8-17)14(11)19-13-7-12(16)18-15(20-13)9-5-6-9/h2-4,7,9H,5-6H2,1H3,(H,18,19,20). The molecule has 2 aromatic rings. The first-order valence-corrected chi connectivity index (χ1v) is 6.97. The molecular formula is C15H13ClN4O. The van der Waals surface area contributed by atoms with E-state index in [4.69, 9.17) is 16.3 Å². The Hall–Kier alpha value is -2.32. The van der Waals surface area contributed by atoms with Gasteiger partial charge in [0.05, 0.1) is 12.7 Å². The monoisotopic (exact) mass is 300 g/mol. The predicted octanol–water partition coefficient (Wildman–Crippen LogP) is 3.63. The van der Waals surface area contributed by atoms with E-state index in [2.05, 4.69) is 21.4 Å². The van der Waals surface area contributed by atoms with Crippen molar-refractivity contribution < 1.29 is 4.74 Å². The summed E-state index contributed by atoms with van der Waals surface area (Å²) in [6, 6.07) is 9.05. The van der Waals surface area contributed by atoms with Crippen LogP contribution in [0.15, 0.2) is 24.3 Å². The van der Waals surface area contributed by atoms with Gasteiger partial charge in [-0.1, -0.05) is 17.7 Å². The summed E-state index contributed by atoms with van der Waals surface area (Å²) in [6.45, 7) is 0. The van der Waals surface area contributed by atoms with Crippen LogP contribution in [0.5, 0.6) is 5.75 Å². The second-order valence-corrected chi connectivity index (χ2v) is 5.22. The minimum Gasteiger partial charge on any atom is -0.495 e. The SMILES string of the molecule is COc1cccc(C#N)c1Nc1cc(Cl)nc(C2CC2)n1. The molecule has 1 aliphatic carbocycles. The number of para-hydroxylation sites is 1. The lowest BCUT2D eigenvalue weighted by Gasteiger charge is -2.12. The highest BCUT2D eigenvalue weighted by Crippen LogP contribution is 2.39. The number of rotatable bonds is 4. The van der Waals surface area contributed by atoms with Crippen molar-refractivity contribution in [2.45, 2.75) is 18.8 Å². The molecule has 0 spiro atoms. The highest BCUT2D eigenvalue weighted by atomic mass is 35.5. The molecule has 0 unspecified atom stereocenters. The third-order valence-corrected chi connectivity index (χ3v) is 3.47. The van der Waals surface area contributed by atoms with E-state index in [1.807, 2.05) is 0 Å². The average Bonchev–Trinajstić information content (AvgIpc) is 3.31. The quantitative estimate of drug-likeness (QED) is 0.873. The van der Waals surface area contributed by atoms with Gasteiger partial charge in [0.15, 0.2) is 0 Å². The number of benzene rings is 1. The normalized spacial score (nSPS) is 13.6. The number of nitrogens with zero attached hydrogens (tertiary/aromatic N) is 3. The Bertz CT molecular complexity index is 722. The summed E-state index contributed by atoms with van der Waals surface area (Å²) < 4.78 is 5.29. The topological polar surface area (TPSA) is 70.8 Å². The molecule has 1 aromatic heterocycles. The van der Waals surface area contributed by atoms with Gasteiger partial charge >= 0.3 is 0 Å². The van der Waals surface area contributed by atoms with Crippen LogP contribution in [0.1, 0.15) is 30.1 Å². The smallest absolute Gasteiger partial charge is 0.143 e. The van der Waals surface area contributed by atoms with Crippen LogP contribution in [0.4, 0.5) is 11.5 Å². The Labute approximate surface area is 127 Å². The molecule has 1 aromatic carbocycles. The molecule has 0 atom stereocenters. The third kappa shape index (κ3) is 2.91. The molecule has 21 heavy (non-hydrogen) atoms. The maximum atomic E-state index is 9.22. The van der Waals surface area contributed by atoms with Crippen LogP contribution in [-0.4, -0.2) is 17.1 Å². The molecule has 0 aliphatic heterocycles. The molecule has 3 rings (SSSR count). The van der Waals surface area contributed by atoms with Crippen molar-refractivity contribution in [1.29, 1.82) is 5.26 Å². The summed E-state index contributed by atoms with van der Waals surface area (Å²) in [5, 5.41) is 12.7. The molecule has 106 valence electrons. The molecule has 1 aliphatic rings. The van der Waals surface area contributed by atoms with Crippen LogP contribution in [0.25, 0.3) is 0 Å². The maximum absolute atomic E-state index is 9.22. The fraction of sp³-hybridized carbons (Fsp3) is 0.267. The molecule has 0 radical (unpaired) electrons. The van der Waals surface area contributed by atoms with E-state index >= 15 is 0 Å². The second-order valence-electron chi connectivity index (χ2n) is 4.83. The van der Waals surface area contributed by atoms with Gasteiger partial charge < -0.3 is 10.1 Å². The van der Waals surface area contributed by atoms with Crippen LogP contribution in [-0.2, 0) is 0 Å². The molecule has 0 bridgehead atoms. The zero-order valence-corrected chi connectivity index (χ0v) is 12.2. The first kappa shape index (κ1) is 13.7. The Kier molecular flexibility index (Phi) is 3.63. The molecule has 1 fully saturated rings. The van der Waals surface area contributed by atoms with Crippen LogP contribution in [0, 0.1) is 11.3 Å². The van der Waals surface area contributed by atoms with Crippen molar-refractivity contribution in [3.63, 3.8) is 0 Å². The molecule has 6 heteroatoms. The van der Waals surface area contributed by atoms with Crippen molar-refractivity contribution in [3.8, 4) is 11.8 Å². The number of nitrogens with one attached hydrogen (secondary N) is 1. The van der Waals surface area contributed by atoms with E-state index in [9.17, 15) is 5.26 Å². The zero-order valence-electron chi connectivity index (χ0n) is 11.4. The van der Waals surface area contributed by atoms with Crippen molar-refractivity contribution in [2.24, 2.45) is 0 Å². The lowest BCUT2D eigenvalue weighted by molar-refractivity contribution is 0.416. The van der Waals surface area contributed by atoms with Gasteiger partial charge in [-0.15, -0.1) is 0 Å². The lowest BCUT2D eigenvalue weighted by Crippen LogP contribution is -2.02. The van der Waals surface area contributed by atoms with Crippen molar-refractivity contribution >= 4 is 23.1 Å². The lowest BCUT2D eigenvalue weighted by atomic mass is 10.2. The predicted molar refractivity (Wildman–Crippen MR) is 80.0 cm³/mol. The maximum Gasteiger partial charge on any atom is 0.143 e. The highest BCUT2D eigenvalue weighted by molar-refractivity contribution is 6.29. The molecule has 1 heterocycles. The van der Waals surface area contributed by atoms with E-state index in [1.165, 1.54) is 0 Å². The number of anilines is 2. The van der Waals surface area contributed by atoms with E-state index < -0.39 is 0 Å². The summed E-state index contributed by atoms with van der Waals surface area (Å²) in [5.74, 6) is 2.30. The summed E-state index contributed by atoms with van der Waals surface area (Å²) in [6.07, 6.45) is 2.19. The average molecular weight is 301 g/mol. The third-order valence-electron chi connectivity index (χ3n) is 3.27. The van der Waals surface area contributed by atoms with Gasteiger partial charge in [0.25, 0.3) is 0 Å². The first-order valence-electron chi connectivity index (χ1n) is 6.60. The van der Waals surface area contributed by atoms with Gasteiger partial charge in [-0.2, -0.15) is 5.26 Å². The summed E-state index contributed by atoms with van der Waals surface area (Å²) >= 11 is 6.05. The van der Waals surface area contributed by atoms with Crippen molar-refractivity contribution in [2.75, 3.05) is 12.4 Å². The second kappa shape index (κ2) is 5.58. The van der Waals surface area contributed by atoms with Crippen molar-refractivity contribution in [1.82, 2.24) is 9.97 Å². The molecular weight excluding hydrogens is 288 g/mol. The Morgan fingerprint density at radius 2 is 2.19 bits per heavy atom. The number of methoxy groups -OCH3 is 1. The molecule has 0 saturated heterocycles. The minimum absolute atomic E-state index is 0.391. The summed E-state index contributed by atoms with van der Waals surface area (Å²) in [4.78, 5) is 8.71. The summed E-state index contributed by atoms with van der Waals surface area (Å²) in [7, 11) is 1.56. The number of nitriles is 1. The van der Waals surface area contributed by atoms with E-state index in [1.54, 1.807) is 31.4 Å². The molecule has 1 N–H and O–H groups in total. The van der Waals surface area contributed by atoms with Crippen LogP contribution in [0.3, 0.4) is 0 Å². The zero-order chi connectivity index (χ0) is 14.8. The van der Waals surface area contributed by atoms with Gasteiger partial charge in [0.2, 0.25) is 0 Å². The summed E-state index contributed by atoms with van der Waals surface area (Å²) in [5.41, 5.74) is 1.07. The van der Waals surface area contributed by atoms with Gasteiger partial charge in [-0.25, -0.2) is 9.97 Å². The van der Waals surface area contributed by atoms with Gasteiger partial charge in [0.1, 0.15) is 34.3 Å². The van der Waals surface area contributed by atoms with Crippen LogP contribution < -0.4 is 10.1 Å². The molecule has 5 nitrogen and oxygen atoms in total. The molecule has 0 amide bonds. The number of halogens is 1. The van der Waals surface area contributed by atoms with Crippen LogP contribution >= 0.6 is 11.6 Å². The van der Waals surface area contributed by atoms with Gasteiger partial charge in [-0.3, -0.25) is 0 Å². The number of hydrogen-bond donors (Lipinski definition) is 1. The fourth-order valence-electron chi connectivity index (χ4n) is 2.07.